The van der Waals surface area contributed by atoms with Gasteiger partial charge >= 0.3 is 12.2 Å². The monoisotopic (exact) mass is 950 g/mol. The highest BCUT2D eigenvalue weighted by Crippen LogP contribution is 2.41. The van der Waals surface area contributed by atoms with Crippen LogP contribution < -0.4 is 42.2 Å². The Labute approximate surface area is 388 Å². The van der Waals surface area contributed by atoms with Gasteiger partial charge in [-0.15, -0.1) is 24.8 Å². The molecule has 2 aromatic carbocycles. The zero-order chi connectivity index (χ0) is 44.8. The number of nitrogens with one attached hydrogen (secondary N) is 4. The maximum Gasteiger partial charge on any atom is 0.413 e. The Morgan fingerprint density at radius 1 is 0.652 bits per heavy atom. The number of hydrogen-bond acceptors (Lipinski definition) is 16. The Kier molecular flexibility index (Phi) is 13.9. The SMILES string of the molecule is Cc1c(-c2cc3cc(NC(=O)O[C@@H]4CC[C@@H]4O)ncc3c(N)c2F)cnc2c1NCCO2.Cc1c(-c2cc3cc(NC(=O)O[C@H]4CC[C@H]4O)ncc3c(N)c2F)cnc2c1NCCO2.Cl.Cl. The van der Waals surface area contributed by atoms with Crippen molar-refractivity contribution in [3.63, 3.8) is 0 Å². The molecule has 2 fully saturated rings. The van der Waals surface area contributed by atoms with Crippen molar-refractivity contribution in [1.29, 1.82) is 0 Å². The molecule has 0 spiro atoms. The van der Waals surface area contributed by atoms with Crippen molar-refractivity contribution in [3.8, 4) is 34.0 Å². The normalized spacial score (nSPS) is 18.8. The van der Waals surface area contributed by atoms with E-state index in [1.54, 1.807) is 36.7 Å². The number of aromatic nitrogens is 4. The average Bonchev–Trinajstić information content (AvgIpc) is 3.29. The number of nitrogens with zero attached hydrogens (tertiary/aromatic N) is 4. The maximum absolute atomic E-state index is 15.2. The van der Waals surface area contributed by atoms with E-state index in [1.807, 2.05) is 13.8 Å². The molecule has 348 valence electrons. The number of rotatable bonds is 6. The molecule has 2 aliphatic carbocycles. The number of ether oxygens (including phenoxy) is 4. The van der Waals surface area contributed by atoms with Crippen LogP contribution in [0.2, 0.25) is 0 Å². The summed E-state index contributed by atoms with van der Waals surface area (Å²) in [5.74, 6) is 0.280. The molecule has 2 saturated carbocycles. The first-order valence-corrected chi connectivity index (χ1v) is 20.6. The van der Waals surface area contributed by atoms with E-state index in [2.05, 4.69) is 41.2 Å². The summed E-state index contributed by atoms with van der Waals surface area (Å²) in [4.78, 5) is 41.1. The molecule has 2 amide bonds. The lowest BCUT2D eigenvalue weighted by Gasteiger charge is -2.31. The van der Waals surface area contributed by atoms with Crippen LogP contribution in [0.25, 0.3) is 43.8 Å². The van der Waals surface area contributed by atoms with Gasteiger partial charge in [-0.05, 0) is 85.7 Å². The van der Waals surface area contributed by atoms with Gasteiger partial charge in [0.1, 0.15) is 48.4 Å². The molecule has 4 atom stereocenters. The van der Waals surface area contributed by atoms with Crippen molar-refractivity contribution in [2.75, 3.05) is 59.0 Å². The van der Waals surface area contributed by atoms with Crippen LogP contribution in [0.5, 0.6) is 11.8 Å². The number of amides is 2. The predicted octanol–water partition coefficient (Wildman–Crippen LogP) is 7.25. The smallest absolute Gasteiger partial charge is 0.413 e. The van der Waals surface area contributed by atoms with Crippen molar-refractivity contribution in [3.05, 3.63) is 71.8 Å². The van der Waals surface area contributed by atoms with Gasteiger partial charge < -0.3 is 51.3 Å². The van der Waals surface area contributed by atoms with Crippen LogP contribution in [0, 0.1) is 25.5 Å². The van der Waals surface area contributed by atoms with Gasteiger partial charge in [0.15, 0.2) is 11.6 Å². The Morgan fingerprint density at radius 2 is 1.06 bits per heavy atom. The van der Waals surface area contributed by atoms with Crippen molar-refractivity contribution < 1.29 is 47.5 Å². The van der Waals surface area contributed by atoms with Crippen LogP contribution in [-0.4, -0.2) is 93.1 Å². The predicted molar refractivity (Wildman–Crippen MR) is 249 cm³/mol. The highest BCUT2D eigenvalue weighted by molar-refractivity contribution is 6.01. The van der Waals surface area contributed by atoms with E-state index in [4.69, 9.17) is 30.4 Å². The van der Waals surface area contributed by atoms with Crippen molar-refractivity contribution in [2.24, 2.45) is 0 Å². The molecule has 4 aromatic heterocycles. The molecule has 2 aliphatic heterocycles. The molecule has 6 heterocycles. The second-order valence-electron chi connectivity index (χ2n) is 15.8. The summed E-state index contributed by atoms with van der Waals surface area (Å²) in [5, 5.41) is 32.7. The molecule has 4 aliphatic rings. The molecule has 18 nitrogen and oxygen atoms in total. The van der Waals surface area contributed by atoms with E-state index >= 15 is 8.78 Å². The average molecular weight is 952 g/mol. The summed E-state index contributed by atoms with van der Waals surface area (Å²) in [7, 11) is 0. The van der Waals surface area contributed by atoms with Crippen molar-refractivity contribution >= 4 is 92.9 Å². The first kappa shape index (κ1) is 47.2. The third-order valence-electron chi connectivity index (χ3n) is 11.8. The Bertz CT molecular complexity index is 2670. The standard InChI is InChI=1S/2C22H22FN5O4.2ClH/c2*1-10-13(8-27-21-20(10)25-4-5-31-21)12-6-11-7-17(26-9-14(11)19(24)18(12)23)28-22(30)32-16-3-2-15(16)29;;/h2*6-9,15-16,25,29H,2-5,24H2,1H3,(H,26,28,30);2*1H/t2*15-,16+;;/m10../s1. The zero-order valence-electron chi connectivity index (χ0n) is 35.4. The van der Waals surface area contributed by atoms with Crippen LogP contribution in [-0.2, 0) is 9.47 Å². The van der Waals surface area contributed by atoms with Crippen LogP contribution in [0.1, 0.15) is 36.8 Å². The molecule has 0 unspecified atom stereocenters. The number of aliphatic hydroxyl groups is 2. The number of nitrogen functional groups attached to an aromatic ring is 2. The number of benzene rings is 2. The van der Waals surface area contributed by atoms with E-state index in [-0.39, 0.29) is 59.0 Å². The number of nitrogens with two attached hydrogens (primary N) is 2. The van der Waals surface area contributed by atoms with Crippen molar-refractivity contribution in [1.82, 2.24) is 19.9 Å². The third-order valence-corrected chi connectivity index (χ3v) is 11.8. The molecule has 0 radical (unpaired) electrons. The molecule has 10 rings (SSSR count). The highest BCUT2D eigenvalue weighted by Gasteiger charge is 2.33. The second-order valence-corrected chi connectivity index (χ2v) is 15.8. The largest absolute Gasteiger partial charge is 0.474 e. The molecular weight excluding hydrogens is 905 g/mol. The number of anilines is 6. The molecule has 10 N–H and O–H groups in total. The molecular formula is C44H46Cl2F2N10O8. The number of pyridine rings is 4. The number of halogens is 4. The highest BCUT2D eigenvalue weighted by atomic mass is 35.5. The molecule has 22 heteroatoms. The van der Waals surface area contributed by atoms with Gasteiger partial charge in [0.25, 0.3) is 0 Å². The molecule has 66 heavy (non-hydrogen) atoms. The summed E-state index contributed by atoms with van der Waals surface area (Å²) in [5.41, 5.74) is 16.9. The van der Waals surface area contributed by atoms with Gasteiger partial charge in [-0.25, -0.2) is 38.3 Å². The summed E-state index contributed by atoms with van der Waals surface area (Å²) in [6.07, 6.45) is 4.67. The Balaban J connectivity index is 0.000000191. The number of hydrogen-bond donors (Lipinski definition) is 8. The fraction of sp³-hybridized carbons (Fsp3) is 0.318. The number of fused-ring (bicyclic) bond motifs is 4. The number of carbonyl (C=O) groups excluding carboxylic acids is 2. The van der Waals surface area contributed by atoms with Gasteiger partial charge in [-0.1, -0.05) is 0 Å². The van der Waals surface area contributed by atoms with Gasteiger partial charge in [-0.3, -0.25) is 10.6 Å². The topological polar surface area (TPSA) is 263 Å². The fourth-order valence-corrected chi connectivity index (χ4v) is 7.83. The minimum Gasteiger partial charge on any atom is -0.474 e. The summed E-state index contributed by atoms with van der Waals surface area (Å²) in [6.45, 7) is 6.03. The van der Waals surface area contributed by atoms with Crippen LogP contribution in [0.3, 0.4) is 0 Å². The lowest BCUT2D eigenvalue weighted by Crippen LogP contribution is -2.41. The van der Waals surface area contributed by atoms with E-state index < -0.39 is 48.2 Å². The Hall–Kier alpha value is -6.74. The third kappa shape index (κ3) is 9.08. The molecule has 0 bridgehead atoms. The number of aliphatic hydroxyl groups excluding tert-OH is 2. The van der Waals surface area contributed by atoms with E-state index in [9.17, 15) is 19.8 Å². The van der Waals surface area contributed by atoms with E-state index in [1.165, 1.54) is 12.4 Å². The Morgan fingerprint density at radius 3 is 1.42 bits per heavy atom. The minimum absolute atomic E-state index is 0. The van der Waals surface area contributed by atoms with E-state index in [0.717, 1.165) is 22.5 Å². The quantitative estimate of drug-likeness (QED) is 0.0765. The van der Waals surface area contributed by atoms with Gasteiger partial charge in [-0.2, -0.15) is 0 Å². The summed E-state index contributed by atoms with van der Waals surface area (Å²) >= 11 is 0. The maximum atomic E-state index is 15.2. The molecule has 0 saturated heterocycles. The fourth-order valence-electron chi connectivity index (χ4n) is 7.83. The van der Waals surface area contributed by atoms with Crippen molar-refractivity contribution in [2.45, 2.75) is 63.9 Å². The van der Waals surface area contributed by atoms with Gasteiger partial charge in [0, 0.05) is 70.9 Å². The first-order valence-electron chi connectivity index (χ1n) is 20.6. The van der Waals surface area contributed by atoms with Crippen LogP contribution in [0.15, 0.2) is 49.1 Å². The minimum atomic E-state index is -0.711. The van der Waals surface area contributed by atoms with Crippen LogP contribution >= 0.6 is 24.8 Å². The van der Waals surface area contributed by atoms with Gasteiger partial charge in [0.2, 0.25) is 11.8 Å². The van der Waals surface area contributed by atoms with E-state index in [0.29, 0.717) is 96.4 Å². The van der Waals surface area contributed by atoms with Crippen LogP contribution in [0.4, 0.5) is 52.8 Å². The summed E-state index contributed by atoms with van der Waals surface area (Å²) < 4.78 is 51.9. The first-order chi connectivity index (χ1) is 30.8. The van der Waals surface area contributed by atoms with Gasteiger partial charge in [0.05, 0.1) is 23.6 Å². The lowest BCUT2D eigenvalue weighted by atomic mass is 9.92. The lowest BCUT2D eigenvalue weighted by molar-refractivity contribution is -0.0562. The summed E-state index contributed by atoms with van der Waals surface area (Å²) in [6, 6.07) is 6.48. The second kappa shape index (κ2) is 19.4. The molecule has 6 aromatic rings. The number of carbonyl (C=O) groups is 2. The zero-order valence-corrected chi connectivity index (χ0v) is 37.1.